The Morgan fingerprint density at radius 3 is 1.93 bits per heavy atom. The van der Waals surface area contributed by atoms with Gasteiger partial charge in [-0.1, -0.05) is 19.3 Å². The van der Waals surface area contributed by atoms with Crippen LogP contribution in [0.15, 0.2) is 12.1 Å². The van der Waals surface area contributed by atoms with Crippen LogP contribution in [0.25, 0.3) is 0 Å². The minimum Gasteiger partial charge on any atom is -0.314 e. The lowest BCUT2D eigenvalue weighted by molar-refractivity contribution is -0.144. The van der Waals surface area contributed by atoms with Crippen LogP contribution in [0.2, 0.25) is 0 Å². The Balaban J connectivity index is 0.00000225. The Morgan fingerprint density at radius 1 is 0.867 bits per heavy atom. The van der Waals surface area contributed by atoms with E-state index in [4.69, 9.17) is 0 Å². The van der Waals surface area contributed by atoms with Gasteiger partial charge < -0.3 is 5.32 Å². The van der Waals surface area contributed by atoms with E-state index in [9.17, 15) is 30.7 Å². The van der Waals surface area contributed by atoms with E-state index in [1.54, 1.807) is 4.90 Å². The summed E-state index contributed by atoms with van der Waals surface area (Å²) in [4.78, 5) is 1.80. The van der Waals surface area contributed by atoms with Crippen molar-refractivity contribution in [2.45, 2.75) is 50.5 Å². The molecular weight excluding hydrogens is 460 g/mol. The molecule has 0 radical (unpaired) electrons. The molecule has 1 aliphatic heterocycles. The van der Waals surface area contributed by atoms with Crippen molar-refractivity contribution in [3.05, 3.63) is 34.6 Å². The summed E-state index contributed by atoms with van der Waals surface area (Å²) in [6, 6.07) is -0.597. The van der Waals surface area contributed by atoms with Crippen LogP contribution in [-0.4, -0.2) is 31.1 Å². The maximum Gasteiger partial charge on any atom is 0.416 e. The van der Waals surface area contributed by atoms with Crippen LogP contribution < -0.4 is 5.32 Å². The van der Waals surface area contributed by atoms with Crippen molar-refractivity contribution in [3.8, 4) is 0 Å². The summed E-state index contributed by atoms with van der Waals surface area (Å²) in [7, 11) is 0. The highest BCUT2D eigenvalue weighted by Crippen LogP contribution is 2.46. The first-order valence-electron chi connectivity index (χ1n) is 9.51. The largest absolute Gasteiger partial charge is 0.416 e. The summed E-state index contributed by atoms with van der Waals surface area (Å²) in [6.07, 6.45) is -6.20. The summed E-state index contributed by atoms with van der Waals surface area (Å²) in [5.74, 6) is -1.63. The Bertz CT molecular complexity index is 665. The number of nitrogens with one attached hydrogen (secondary N) is 1. The predicted molar refractivity (Wildman–Crippen MR) is 105 cm³/mol. The highest BCUT2D eigenvalue weighted by atomic mass is 35.5. The van der Waals surface area contributed by atoms with Gasteiger partial charge in [-0.3, -0.25) is 4.90 Å². The summed E-state index contributed by atoms with van der Waals surface area (Å²) in [5, 5.41) is 3.11. The second-order valence-corrected chi connectivity index (χ2v) is 7.54. The zero-order valence-corrected chi connectivity index (χ0v) is 17.7. The quantitative estimate of drug-likeness (QED) is 0.511. The first-order chi connectivity index (χ1) is 13.1. The van der Waals surface area contributed by atoms with Crippen molar-refractivity contribution in [2.75, 3.05) is 26.2 Å². The topological polar surface area (TPSA) is 15.3 Å². The van der Waals surface area contributed by atoms with Gasteiger partial charge >= 0.3 is 12.4 Å². The molecule has 1 aromatic rings. The minimum atomic E-state index is -5.07. The number of hydrogen-bond acceptors (Lipinski definition) is 2. The average Bonchev–Trinajstić information content (AvgIpc) is 2.63. The maximum absolute atomic E-state index is 14.9. The fourth-order valence-corrected chi connectivity index (χ4v) is 4.44. The van der Waals surface area contributed by atoms with Crippen molar-refractivity contribution in [2.24, 2.45) is 5.92 Å². The molecule has 1 heterocycles. The molecule has 1 saturated heterocycles. The Kier molecular flexibility index (Phi) is 9.72. The average molecular weight is 485 g/mol. The lowest BCUT2D eigenvalue weighted by Crippen LogP contribution is -2.47. The lowest BCUT2D eigenvalue weighted by atomic mass is 9.78. The molecule has 1 aliphatic carbocycles. The van der Waals surface area contributed by atoms with Gasteiger partial charge in [0.25, 0.3) is 0 Å². The van der Waals surface area contributed by atoms with E-state index in [1.807, 2.05) is 0 Å². The zero-order chi connectivity index (χ0) is 20.5. The van der Waals surface area contributed by atoms with Crippen LogP contribution in [-0.2, 0) is 12.4 Å². The molecule has 2 aliphatic rings. The molecule has 2 nitrogen and oxygen atoms in total. The minimum absolute atomic E-state index is 0. The van der Waals surface area contributed by atoms with E-state index in [0.29, 0.717) is 39.0 Å². The van der Waals surface area contributed by atoms with Gasteiger partial charge in [0.05, 0.1) is 11.1 Å². The first kappa shape index (κ1) is 27.3. The third-order valence-electron chi connectivity index (χ3n) is 5.70. The summed E-state index contributed by atoms with van der Waals surface area (Å²) in [6.45, 7) is 1.96. The molecule has 0 spiro atoms. The molecule has 1 atom stereocenters. The Morgan fingerprint density at radius 2 is 1.43 bits per heavy atom. The van der Waals surface area contributed by atoms with Crippen LogP contribution >= 0.6 is 24.8 Å². The van der Waals surface area contributed by atoms with Gasteiger partial charge in [-0.25, -0.2) is 4.39 Å². The number of alkyl halides is 6. The molecule has 1 N–H and O–H groups in total. The van der Waals surface area contributed by atoms with Gasteiger partial charge in [-0.2, -0.15) is 26.3 Å². The fourth-order valence-electron chi connectivity index (χ4n) is 4.44. The van der Waals surface area contributed by atoms with E-state index in [-0.39, 0.29) is 42.9 Å². The SMILES string of the molecule is Cl.Cl.Fc1cc(C(F)(F)F)cc(C(F)(F)F)c1[C@@H](C1CCCCC1)N1CCNCC1. The van der Waals surface area contributed by atoms with Crippen molar-refractivity contribution < 1.29 is 30.7 Å². The van der Waals surface area contributed by atoms with Crippen LogP contribution in [0, 0.1) is 11.7 Å². The number of benzene rings is 1. The first-order valence-corrected chi connectivity index (χ1v) is 9.51. The van der Waals surface area contributed by atoms with E-state index in [1.165, 1.54) is 0 Å². The molecule has 0 bridgehead atoms. The molecule has 1 saturated carbocycles. The van der Waals surface area contributed by atoms with Crippen LogP contribution in [0.3, 0.4) is 0 Å². The predicted octanol–water partition coefficient (Wildman–Crippen LogP) is 6.23. The second-order valence-electron chi connectivity index (χ2n) is 7.54. The Hall–Kier alpha value is -0.770. The van der Waals surface area contributed by atoms with Crippen molar-refractivity contribution in [1.29, 1.82) is 0 Å². The van der Waals surface area contributed by atoms with E-state index in [2.05, 4.69) is 5.32 Å². The van der Waals surface area contributed by atoms with Gasteiger partial charge in [-0.05, 0) is 30.9 Å². The van der Waals surface area contributed by atoms with Crippen LogP contribution in [0.4, 0.5) is 30.7 Å². The maximum atomic E-state index is 14.9. The van der Waals surface area contributed by atoms with Gasteiger partial charge in [0.1, 0.15) is 5.82 Å². The highest BCUT2D eigenvalue weighted by molar-refractivity contribution is 5.85. The van der Waals surface area contributed by atoms with Crippen molar-refractivity contribution >= 4 is 24.8 Å². The number of hydrogen-bond donors (Lipinski definition) is 1. The molecule has 2 fully saturated rings. The van der Waals surface area contributed by atoms with Gasteiger partial charge in [0.2, 0.25) is 0 Å². The third kappa shape index (κ3) is 6.14. The van der Waals surface area contributed by atoms with Crippen LogP contribution in [0.1, 0.15) is 54.8 Å². The molecule has 11 heteroatoms. The number of halogens is 9. The number of rotatable bonds is 3. The second kappa shape index (κ2) is 10.7. The summed E-state index contributed by atoms with van der Waals surface area (Å²) in [5.41, 5.74) is -3.74. The van der Waals surface area contributed by atoms with E-state index in [0.717, 1.165) is 19.3 Å². The van der Waals surface area contributed by atoms with Gasteiger partial charge in [0.15, 0.2) is 0 Å². The monoisotopic (exact) mass is 484 g/mol. The standard InChI is InChI=1S/C19H23F7N2.2ClH/c20-15-11-13(18(21,22)23)10-14(19(24,25)26)16(15)17(12-4-2-1-3-5-12)28-8-6-27-7-9-28;;/h10-12,17,27H,1-9H2;2*1H/t17-;;/m1../s1. The molecule has 174 valence electrons. The lowest BCUT2D eigenvalue weighted by Gasteiger charge is -2.42. The van der Waals surface area contributed by atoms with Crippen molar-refractivity contribution in [3.63, 3.8) is 0 Å². The Labute approximate surface area is 183 Å². The number of nitrogens with zero attached hydrogens (tertiary/aromatic N) is 1. The normalized spacial score (nSPS) is 20.2. The van der Waals surface area contributed by atoms with Crippen LogP contribution in [0.5, 0.6) is 0 Å². The van der Waals surface area contributed by atoms with Gasteiger partial charge in [0, 0.05) is 37.8 Å². The smallest absolute Gasteiger partial charge is 0.314 e. The molecule has 0 amide bonds. The molecular formula is C19H25Cl2F7N2. The van der Waals surface area contributed by atoms with E-state index < -0.39 is 40.9 Å². The summed E-state index contributed by atoms with van der Waals surface area (Å²) >= 11 is 0. The zero-order valence-electron chi connectivity index (χ0n) is 16.1. The molecule has 0 unspecified atom stereocenters. The summed E-state index contributed by atoms with van der Waals surface area (Å²) < 4.78 is 95.1. The molecule has 1 aromatic carbocycles. The highest BCUT2D eigenvalue weighted by Gasteiger charge is 2.44. The van der Waals surface area contributed by atoms with E-state index >= 15 is 0 Å². The fraction of sp³-hybridized carbons (Fsp3) is 0.684. The molecule has 3 rings (SSSR count). The third-order valence-corrected chi connectivity index (χ3v) is 5.70. The molecule has 0 aromatic heterocycles. The molecule has 30 heavy (non-hydrogen) atoms. The van der Waals surface area contributed by atoms with Gasteiger partial charge in [-0.15, -0.1) is 24.8 Å². The number of piperazine rings is 1. The van der Waals surface area contributed by atoms with Crippen molar-refractivity contribution in [1.82, 2.24) is 10.2 Å².